The van der Waals surface area contributed by atoms with Crippen LogP contribution in [0, 0.1) is 11.3 Å². The maximum Gasteiger partial charge on any atom is 0.443 e. The van der Waals surface area contributed by atoms with Gasteiger partial charge in [-0.15, -0.1) is 11.3 Å². The number of aromatic nitrogens is 2. The fraction of sp³-hybridized carbons (Fsp3) is 0.0870. The van der Waals surface area contributed by atoms with Gasteiger partial charge in [0.2, 0.25) is 0 Å². The number of benzene rings is 2. The molecule has 33 heavy (non-hydrogen) atoms. The van der Waals surface area contributed by atoms with Crippen molar-refractivity contribution >= 4 is 51.5 Å². The van der Waals surface area contributed by atoms with E-state index in [1.165, 1.54) is 18.3 Å². The lowest BCUT2D eigenvalue weighted by Crippen LogP contribution is -2.02. The van der Waals surface area contributed by atoms with Gasteiger partial charge in [-0.2, -0.15) is 18.4 Å². The lowest BCUT2D eigenvalue weighted by atomic mass is 10.0. The van der Waals surface area contributed by atoms with Gasteiger partial charge < -0.3 is 9.67 Å². The normalized spacial score (nSPS) is 12.2. The van der Waals surface area contributed by atoms with Gasteiger partial charge in [0.25, 0.3) is 0 Å². The summed E-state index contributed by atoms with van der Waals surface area (Å²) in [6.45, 7) is 0.146. The van der Waals surface area contributed by atoms with Gasteiger partial charge in [0.15, 0.2) is 5.01 Å². The second kappa shape index (κ2) is 8.73. The van der Waals surface area contributed by atoms with Crippen molar-refractivity contribution in [2.24, 2.45) is 0 Å². The van der Waals surface area contributed by atoms with E-state index in [-0.39, 0.29) is 12.1 Å². The molecule has 1 N–H and O–H groups in total. The number of alkyl halides is 3. The Morgan fingerprint density at radius 1 is 1.21 bits per heavy atom. The van der Waals surface area contributed by atoms with Crippen molar-refractivity contribution in [3.8, 4) is 6.07 Å². The smallest absolute Gasteiger partial charge is 0.443 e. The number of fused-ring (bicyclic) bond motifs is 1. The zero-order valence-electron chi connectivity index (χ0n) is 16.6. The molecule has 2 heterocycles. The first-order chi connectivity index (χ1) is 15.7. The molecule has 0 unspecified atom stereocenters. The van der Waals surface area contributed by atoms with Crippen LogP contribution < -0.4 is 0 Å². The second-order valence-corrected chi connectivity index (χ2v) is 8.61. The fourth-order valence-corrected chi connectivity index (χ4v) is 4.29. The highest BCUT2D eigenvalue weighted by atomic mass is 35.5. The standard InChI is InChI=1S/C23H13ClF3N3O2S/c24-17-5-6-19-16(7-15(9-28)13-1-3-14(4-2-13)21(31)32)11-30(20(19)8-17)12-18-10-29-22(33-18)23(25,26)27/h1-8,10-11H,12H2,(H,31,32)/b15-7+. The van der Waals surface area contributed by atoms with Gasteiger partial charge in [-0.05, 0) is 35.9 Å². The first kappa shape index (κ1) is 22.6. The van der Waals surface area contributed by atoms with Crippen LogP contribution in [0.25, 0.3) is 22.6 Å². The summed E-state index contributed by atoms with van der Waals surface area (Å²) >= 11 is 6.72. The molecule has 0 saturated carbocycles. The molecule has 0 radical (unpaired) electrons. The van der Waals surface area contributed by atoms with Crippen LogP contribution in [0.15, 0.2) is 54.9 Å². The van der Waals surface area contributed by atoms with E-state index in [4.69, 9.17) is 16.7 Å². The molecule has 2 aromatic heterocycles. The van der Waals surface area contributed by atoms with Crippen LogP contribution in [0.1, 0.15) is 31.4 Å². The Balaban J connectivity index is 1.76. The lowest BCUT2D eigenvalue weighted by molar-refractivity contribution is -0.137. The number of halogens is 4. The Bertz CT molecular complexity index is 1430. The SMILES string of the molecule is N#C/C(=C\c1cn(Cc2cnc(C(F)(F)F)s2)c2cc(Cl)ccc12)c1ccc(C(=O)O)cc1. The molecule has 0 spiro atoms. The number of rotatable bonds is 5. The number of hydrogen-bond acceptors (Lipinski definition) is 4. The maximum absolute atomic E-state index is 12.9. The van der Waals surface area contributed by atoms with E-state index in [1.807, 2.05) is 0 Å². The van der Waals surface area contributed by atoms with Gasteiger partial charge in [0, 0.05) is 33.2 Å². The van der Waals surface area contributed by atoms with E-state index < -0.39 is 17.2 Å². The predicted octanol–water partition coefficient (Wildman–Crippen LogP) is 6.58. The molecule has 10 heteroatoms. The van der Waals surface area contributed by atoms with Crippen molar-refractivity contribution in [3.63, 3.8) is 0 Å². The molecule has 0 aliphatic rings. The minimum Gasteiger partial charge on any atom is -0.478 e. The molecular weight excluding hydrogens is 475 g/mol. The van der Waals surface area contributed by atoms with Crippen LogP contribution >= 0.6 is 22.9 Å². The van der Waals surface area contributed by atoms with Crippen molar-refractivity contribution < 1.29 is 23.1 Å². The maximum atomic E-state index is 12.9. The average molecular weight is 488 g/mol. The van der Waals surface area contributed by atoms with Gasteiger partial charge in [-0.3, -0.25) is 0 Å². The quantitative estimate of drug-likeness (QED) is 0.322. The number of aromatic carboxylic acids is 1. The van der Waals surface area contributed by atoms with Crippen LogP contribution in [-0.4, -0.2) is 20.6 Å². The molecule has 0 bridgehead atoms. The number of allylic oxidation sites excluding steroid dienone is 1. The van der Waals surface area contributed by atoms with Crippen molar-refractivity contribution in [2.75, 3.05) is 0 Å². The topological polar surface area (TPSA) is 78.9 Å². The number of carboxylic acids is 1. The van der Waals surface area contributed by atoms with E-state index in [0.717, 1.165) is 5.39 Å². The third-order valence-electron chi connectivity index (χ3n) is 4.86. The molecule has 0 aliphatic heterocycles. The Kier molecular flexibility index (Phi) is 5.97. The van der Waals surface area contributed by atoms with Gasteiger partial charge in [-0.1, -0.05) is 29.8 Å². The summed E-state index contributed by atoms with van der Waals surface area (Å²) in [6.07, 6.45) is 0.0775. The second-order valence-electron chi connectivity index (χ2n) is 7.06. The van der Waals surface area contributed by atoms with Crippen molar-refractivity contribution in [3.05, 3.63) is 86.5 Å². The van der Waals surface area contributed by atoms with Crippen LogP contribution in [0.3, 0.4) is 0 Å². The van der Waals surface area contributed by atoms with E-state index in [2.05, 4.69) is 11.1 Å². The van der Waals surface area contributed by atoms with E-state index >= 15 is 0 Å². The third kappa shape index (κ3) is 4.77. The van der Waals surface area contributed by atoms with E-state index in [1.54, 1.807) is 47.2 Å². The minimum absolute atomic E-state index is 0.102. The molecule has 0 saturated heterocycles. The molecule has 5 nitrogen and oxygen atoms in total. The number of carboxylic acid groups (broad SMARTS) is 1. The molecule has 0 atom stereocenters. The lowest BCUT2D eigenvalue weighted by Gasteiger charge is -2.03. The number of thiazole rings is 1. The third-order valence-corrected chi connectivity index (χ3v) is 6.12. The van der Waals surface area contributed by atoms with Gasteiger partial charge in [0.05, 0.1) is 29.3 Å². The summed E-state index contributed by atoms with van der Waals surface area (Å²) in [5.74, 6) is -1.07. The summed E-state index contributed by atoms with van der Waals surface area (Å²) in [7, 11) is 0. The molecule has 4 rings (SSSR count). The highest BCUT2D eigenvalue weighted by molar-refractivity contribution is 7.11. The number of nitriles is 1. The zero-order chi connectivity index (χ0) is 23.8. The summed E-state index contributed by atoms with van der Waals surface area (Å²) in [4.78, 5) is 14.9. The monoisotopic (exact) mass is 487 g/mol. The Labute approximate surface area is 194 Å². The first-order valence-corrected chi connectivity index (χ1v) is 10.6. The van der Waals surface area contributed by atoms with Crippen LogP contribution in [0.5, 0.6) is 0 Å². The predicted molar refractivity (Wildman–Crippen MR) is 120 cm³/mol. The first-order valence-electron chi connectivity index (χ1n) is 9.41. The average Bonchev–Trinajstić information content (AvgIpc) is 3.37. The number of hydrogen-bond donors (Lipinski definition) is 1. The fourth-order valence-electron chi connectivity index (χ4n) is 3.35. The molecule has 4 aromatic rings. The molecule has 2 aromatic carbocycles. The van der Waals surface area contributed by atoms with Crippen LogP contribution in [-0.2, 0) is 12.7 Å². The molecule has 0 aliphatic carbocycles. The molecular formula is C23H13ClF3N3O2S. The summed E-state index contributed by atoms with van der Waals surface area (Å²) in [5, 5.41) is 19.0. The van der Waals surface area contributed by atoms with E-state index in [0.29, 0.717) is 43.5 Å². The van der Waals surface area contributed by atoms with Gasteiger partial charge >= 0.3 is 12.1 Å². The Morgan fingerprint density at radius 2 is 1.91 bits per heavy atom. The zero-order valence-corrected chi connectivity index (χ0v) is 18.2. The highest BCUT2D eigenvalue weighted by Gasteiger charge is 2.34. The number of nitrogens with zero attached hydrogens (tertiary/aromatic N) is 3. The largest absolute Gasteiger partial charge is 0.478 e. The molecule has 166 valence electrons. The van der Waals surface area contributed by atoms with Gasteiger partial charge in [0.1, 0.15) is 0 Å². The van der Waals surface area contributed by atoms with Crippen LogP contribution in [0.4, 0.5) is 13.2 Å². The molecule has 0 fully saturated rings. The Hall–Kier alpha value is -3.61. The highest BCUT2D eigenvalue weighted by Crippen LogP contribution is 2.34. The van der Waals surface area contributed by atoms with Crippen molar-refractivity contribution in [1.82, 2.24) is 9.55 Å². The van der Waals surface area contributed by atoms with E-state index in [9.17, 15) is 23.2 Å². The summed E-state index contributed by atoms with van der Waals surface area (Å²) in [5.41, 5.74) is 2.30. The molecule has 0 amide bonds. The van der Waals surface area contributed by atoms with Crippen molar-refractivity contribution in [1.29, 1.82) is 5.26 Å². The minimum atomic E-state index is -4.50. The van der Waals surface area contributed by atoms with Crippen molar-refractivity contribution in [2.45, 2.75) is 12.7 Å². The van der Waals surface area contributed by atoms with Crippen LogP contribution in [0.2, 0.25) is 5.02 Å². The Morgan fingerprint density at radius 3 is 2.52 bits per heavy atom. The number of carbonyl (C=O) groups is 1. The van der Waals surface area contributed by atoms with Gasteiger partial charge in [-0.25, -0.2) is 9.78 Å². The summed E-state index contributed by atoms with van der Waals surface area (Å²) < 4.78 is 40.5. The summed E-state index contributed by atoms with van der Waals surface area (Å²) in [6, 6.07) is 13.2.